The zero-order valence-corrected chi connectivity index (χ0v) is 8.72. The van der Waals surface area contributed by atoms with Crippen LogP contribution in [0.25, 0.3) is 0 Å². The van der Waals surface area contributed by atoms with Gasteiger partial charge in [-0.1, -0.05) is 20.3 Å². The Morgan fingerprint density at radius 2 is 1.67 bits per heavy atom. The van der Waals surface area contributed by atoms with Gasteiger partial charge in [-0.3, -0.25) is 0 Å². The zero-order valence-electron chi connectivity index (χ0n) is 6.72. The monoisotopic (exact) mass is 143 g/mol. The van der Waals surface area contributed by atoms with Gasteiger partial charge in [0.15, 0.2) is 0 Å². The first-order chi connectivity index (χ1) is 4.22. The molecule has 0 radical (unpaired) electrons. The molecule has 0 amide bonds. The van der Waals surface area contributed by atoms with Gasteiger partial charge in [-0.05, 0) is 24.9 Å². The molecule has 0 N–H and O–H groups in total. The van der Waals surface area contributed by atoms with Crippen molar-refractivity contribution in [1.82, 2.24) is 4.57 Å². The van der Waals surface area contributed by atoms with E-state index in [1.54, 1.807) is 0 Å². The van der Waals surface area contributed by atoms with Crippen LogP contribution in [-0.2, 0) is 0 Å². The molecule has 0 spiro atoms. The maximum Gasteiger partial charge on any atom is 0.0791 e. The molecular formula is C7H17NSi. The van der Waals surface area contributed by atoms with E-state index >= 15 is 0 Å². The van der Waals surface area contributed by atoms with Crippen molar-refractivity contribution >= 4 is 10.4 Å². The van der Waals surface area contributed by atoms with Crippen molar-refractivity contribution in [2.24, 2.45) is 0 Å². The third-order valence-corrected chi connectivity index (χ3v) is 4.40. The first-order valence-corrected chi connectivity index (χ1v) is 4.83. The summed E-state index contributed by atoms with van der Waals surface area (Å²) in [4.78, 5) is 0. The van der Waals surface area contributed by atoms with Crippen LogP contribution in [-0.4, -0.2) is 27.1 Å². The summed E-state index contributed by atoms with van der Waals surface area (Å²) >= 11 is 0. The molecule has 0 aromatic carbocycles. The highest BCUT2D eigenvalue weighted by molar-refractivity contribution is 6.04. The number of rotatable bonds is 0. The van der Waals surface area contributed by atoms with E-state index in [0.29, 0.717) is 0 Å². The Labute approximate surface area is 60.9 Å². The molecule has 2 atom stereocenters. The Morgan fingerprint density at radius 3 is 2.00 bits per heavy atom. The summed E-state index contributed by atoms with van der Waals surface area (Å²) in [6.07, 6.45) is 4.29. The van der Waals surface area contributed by atoms with Crippen LogP contribution in [0.1, 0.15) is 33.1 Å². The fourth-order valence-corrected chi connectivity index (χ4v) is 2.07. The molecule has 0 aromatic heterocycles. The van der Waals surface area contributed by atoms with Crippen molar-refractivity contribution in [2.75, 3.05) is 0 Å². The second-order valence-corrected chi connectivity index (χ2v) is 4.33. The van der Waals surface area contributed by atoms with Gasteiger partial charge in [-0.2, -0.15) is 0 Å². The maximum absolute atomic E-state index is 2.61. The zero-order chi connectivity index (χ0) is 6.85. The Morgan fingerprint density at radius 1 is 1.22 bits per heavy atom. The van der Waals surface area contributed by atoms with E-state index in [1.165, 1.54) is 29.7 Å². The molecule has 1 saturated heterocycles. The molecule has 0 bridgehead atoms. The molecule has 9 heavy (non-hydrogen) atoms. The van der Waals surface area contributed by atoms with E-state index in [9.17, 15) is 0 Å². The van der Waals surface area contributed by atoms with E-state index in [1.807, 2.05) is 0 Å². The highest BCUT2D eigenvalue weighted by Crippen LogP contribution is 2.19. The van der Waals surface area contributed by atoms with Crippen LogP contribution in [0.5, 0.6) is 0 Å². The van der Waals surface area contributed by atoms with Crippen LogP contribution < -0.4 is 0 Å². The smallest absolute Gasteiger partial charge is 0.0791 e. The van der Waals surface area contributed by atoms with Gasteiger partial charge in [0.05, 0.1) is 10.4 Å². The number of hydrogen-bond acceptors (Lipinski definition) is 1. The lowest BCUT2D eigenvalue weighted by Gasteiger charge is -2.36. The lowest BCUT2D eigenvalue weighted by atomic mass is 10.0. The summed E-state index contributed by atoms with van der Waals surface area (Å²) in [5.41, 5.74) is 0. The number of piperidine rings is 1. The van der Waals surface area contributed by atoms with Crippen molar-refractivity contribution in [2.45, 2.75) is 45.2 Å². The molecule has 1 fully saturated rings. The summed E-state index contributed by atoms with van der Waals surface area (Å²) in [6, 6.07) is 1.75. The third-order valence-electron chi connectivity index (χ3n) is 2.63. The first-order valence-electron chi connectivity index (χ1n) is 3.93. The van der Waals surface area contributed by atoms with Gasteiger partial charge in [-0.25, -0.2) is 0 Å². The second-order valence-electron chi connectivity index (χ2n) is 3.29. The molecule has 1 heterocycles. The average molecular weight is 143 g/mol. The van der Waals surface area contributed by atoms with Gasteiger partial charge in [-0.15, -0.1) is 0 Å². The summed E-state index contributed by atoms with van der Waals surface area (Å²) in [5.74, 6) is 0. The summed E-state index contributed by atoms with van der Waals surface area (Å²) < 4.78 is 2.61. The standard InChI is InChI=1S/C7H17NSi/c1-6-4-3-5-7(2)8(6)9/h6-7H,3-5H2,1-2,9H3/t6-,7+. The molecule has 1 rings (SSSR count). The second kappa shape index (κ2) is 2.84. The average Bonchev–Trinajstić information content (AvgIpc) is 1.83. The van der Waals surface area contributed by atoms with Crippen LogP contribution in [0, 0.1) is 0 Å². The van der Waals surface area contributed by atoms with E-state index in [2.05, 4.69) is 18.4 Å². The highest BCUT2D eigenvalue weighted by atomic mass is 28.2. The number of hydrogen-bond donors (Lipinski definition) is 0. The molecule has 1 aliphatic rings. The van der Waals surface area contributed by atoms with Crippen molar-refractivity contribution in [1.29, 1.82) is 0 Å². The molecule has 0 aromatic rings. The molecule has 0 aliphatic carbocycles. The van der Waals surface area contributed by atoms with Crippen molar-refractivity contribution in [3.05, 3.63) is 0 Å². The SMILES string of the molecule is C[C@@H]1CCC[C@H](C)N1[SiH3]. The lowest BCUT2D eigenvalue weighted by Crippen LogP contribution is -2.41. The summed E-state index contributed by atoms with van der Waals surface area (Å²) in [7, 11) is 1.25. The van der Waals surface area contributed by atoms with E-state index in [0.717, 1.165) is 12.1 Å². The van der Waals surface area contributed by atoms with Gasteiger partial charge in [0.2, 0.25) is 0 Å². The summed E-state index contributed by atoms with van der Waals surface area (Å²) in [6.45, 7) is 4.70. The van der Waals surface area contributed by atoms with Gasteiger partial charge in [0.1, 0.15) is 0 Å². The third kappa shape index (κ3) is 1.55. The minimum atomic E-state index is 0.875. The van der Waals surface area contributed by atoms with E-state index in [-0.39, 0.29) is 0 Å². The Bertz CT molecular complexity index is 84.9. The minimum absolute atomic E-state index is 0.875. The molecular weight excluding hydrogens is 126 g/mol. The van der Waals surface area contributed by atoms with Gasteiger partial charge in [0.25, 0.3) is 0 Å². The van der Waals surface area contributed by atoms with Crippen LogP contribution in [0.4, 0.5) is 0 Å². The van der Waals surface area contributed by atoms with Crippen LogP contribution in [0.15, 0.2) is 0 Å². The molecule has 1 nitrogen and oxygen atoms in total. The molecule has 2 heteroatoms. The minimum Gasteiger partial charge on any atom is -0.327 e. The van der Waals surface area contributed by atoms with Gasteiger partial charge < -0.3 is 4.57 Å². The van der Waals surface area contributed by atoms with Crippen LogP contribution in [0.2, 0.25) is 0 Å². The van der Waals surface area contributed by atoms with Crippen molar-refractivity contribution in [3.8, 4) is 0 Å². The van der Waals surface area contributed by atoms with Crippen LogP contribution in [0.3, 0.4) is 0 Å². The molecule has 0 unspecified atom stereocenters. The van der Waals surface area contributed by atoms with Gasteiger partial charge >= 0.3 is 0 Å². The fourth-order valence-electron chi connectivity index (χ4n) is 1.55. The molecule has 1 aliphatic heterocycles. The summed E-state index contributed by atoms with van der Waals surface area (Å²) in [5, 5.41) is 0. The Balaban J connectivity index is 2.41. The largest absolute Gasteiger partial charge is 0.327 e. The van der Waals surface area contributed by atoms with E-state index in [4.69, 9.17) is 0 Å². The van der Waals surface area contributed by atoms with Crippen molar-refractivity contribution < 1.29 is 0 Å². The quantitative estimate of drug-likeness (QED) is 0.447. The van der Waals surface area contributed by atoms with Gasteiger partial charge in [0, 0.05) is 0 Å². The Kier molecular flexibility index (Phi) is 2.30. The predicted molar refractivity (Wildman–Crippen MR) is 44.6 cm³/mol. The highest BCUT2D eigenvalue weighted by Gasteiger charge is 2.19. The van der Waals surface area contributed by atoms with Crippen molar-refractivity contribution in [3.63, 3.8) is 0 Å². The normalized spacial score (nSPS) is 39.3. The van der Waals surface area contributed by atoms with E-state index < -0.39 is 0 Å². The van der Waals surface area contributed by atoms with Crippen LogP contribution >= 0.6 is 0 Å². The molecule has 54 valence electrons. The molecule has 0 saturated carbocycles. The maximum atomic E-state index is 2.61. The fraction of sp³-hybridized carbons (Fsp3) is 1.00. The predicted octanol–water partition coefficient (Wildman–Crippen LogP) is 0.530. The lowest BCUT2D eigenvalue weighted by molar-refractivity contribution is 0.211. The topological polar surface area (TPSA) is 3.24 Å². The Hall–Kier alpha value is 0.177. The number of nitrogens with zero attached hydrogens (tertiary/aromatic N) is 1. The first kappa shape index (κ1) is 7.29.